The van der Waals surface area contributed by atoms with Crippen LogP contribution in [0.25, 0.3) is 0 Å². The Balaban J connectivity index is 1.67. The average molecular weight is 278 g/mol. The highest BCUT2D eigenvalue weighted by atomic mass is 16.5. The molecule has 1 aromatic rings. The number of benzene rings is 1. The number of amides is 1. The normalized spacial score (nSPS) is 21.7. The highest BCUT2D eigenvalue weighted by Crippen LogP contribution is 2.14. The van der Waals surface area contributed by atoms with Gasteiger partial charge in [-0.15, -0.1) is 0 Å². The fraction of sp³-hybridized carbons (Fsp3) is 0.533. The van der Waals surface area contributed by atoms with Gasteiger partial charge in [0.05, 0.1) is 25.7 Å². The van der Waals surface area contributed by atoms with Crippen molar-refractivity contribution in [3.63, 3.8) is 0 Å². The van der Waals surface area contributed by atoms with Crippen molar-refractivity contribution in [2.75, 3.05) is 33.4 Å². The Morgan fingerprint density at radius 2 is 2.15 bits per heavy atom. The van der Waals surface area contributed by atoms with E-state index in [9.17, 15) is 4.79 Å². The third kappa shape index (κ3) is 3.95. The maximum atomic E-state index is 12.1. The number of carbonyl (C=O) groups is 1. The molecule has 0 aliphatic carbocycles. The number of para-hydroxylation sites is 1. The summed E-state index contributed by atoms with van der Waals surface area (Å²) >= 11 is 0. The fourth-order valence-electron chi connectivity index (χ4n) is 2.23. The van der Waals surface area contributed by atoms with Crippen molar-refractivity contribution in [2.24, 2.45) is 11.7 Å². The molecule has 1 aliphatic heterocycles. The van der Waals surface area contributed by atoms with E-state index in [-0.39, 0.29) is 17.9 Å². The maximum absolute atomic E-state index is 12.1. The maximum Gasteiger partial charge on any atom is 0.229 e. The molecule has 1 aromatic carbocycles. The monoisotopic (exact) mass is 278 g/mol. The summed E-state index contributed by atoms with van der Waals surface area (Å²) in [5, 5.41) is 0. The molecule has 5 nitrogen and oxygen atoms in total. The van der Waals surface area contributed by atoms with E-state index in [1.165, 1.54) is 0 Å². The molecule has 2 unspecified atom stereocenters. The van der Waals surface area contributed by atoms with Gasteiger partial charge in [-0.05, 0) is 18.6 Å². The Labute approximate surface area is 119 Å². The van der Waals surface area contributed by atoms with E-state index in [2.05, 4.69) is 0 Å². The number of hydrogen-bond donors (Lipinski definition) is 1. The number of hydrogen-bond acceptors (Lipinski definition) is 4. The predicted molar refractivity (Wildman–Crippen MR) is 76.5 cm³/mol. The van der Waals surface area contributed by atoms with Crippen LogP contribution < -0.4 is 10.5 Å². The van der Waals surface area contributed by atoms with Crippen LogP contribution >= 0.6 is 0 Å². The molecular weight excluding hydrogens is 256 g/mol. The summed E-state index contributed by atoms with van der Waals surface area (Å²) in [5.41, 5.74) is 5.85. The van der Waals surface area contributed by atoms with Crippen LogP contribution in [-0.2, 0) is 9.53 Å². The van der Waals surface area contributed by atoms with Crippen molar-refractivity contribution in [1.29, 1.82) is 0 Å². The number of carbonyl (C=O) groups excluding carboxylic acids is 1. The van der Waals surface area contributed by atoms with Gasteiger partial charge in [-0.25, -0.2) is 0 Å². The van der Waals surface area contributed by atoms with Gasteiger partial charge < -0.3 is 20.1 Å². The molecule has 0 spiro atoms. The molecule has 1 amide bonds. The van der Waals surface area contributed by atoms with Crippen LogP contribution in [0.4, 0.5) is 0 Å². The van der Waals surface area contributed by atoms with E-state index in [1.54, 1.807) is 11.9 Å². The van der Waals surface area contributed by atoms with E-state index >= 15 is 0 Å². The van der Waals surface area contributed by atoms with Gasteiger partial charge in [-0.2, -0.15) is 0 Å². The molecule has 0 radical (unpaired) electrons. The first-order valence-corrected chi connectivity index (χ1v) is 6.94. The molecular formula is C15H22N2O3. The molecule has 1 fully saturated rings. The number of nitrogens with two attached hydrogens (primary N) is 1. The summed E-state index contributed by atoms with van der Waals surface area (Å²) in [7, 11) is 1.80. The first-order valence-electron chi connectivity index (χ1n) is 6.94. The van der Waals surface area contributed by atoms with Crippen molar-refractivity contribution < 1.29 is 14.3 Å². The second kappa shape index (κ2) is 7.26. The molecule has 0 bridgehead atoms. The molecule has 1 heterocycles. The van der Waals surface area contributed by atoms with Crippen LogP contribution in [0.3, 0.4) is 0 Å². The van der Waals surface area contributed by atoms with Gasteiger partial charge >= 0.3 is 0 Å². The quantitative estimate of drug-likeness (QED) is 0.785. The van der Waals surface area contributed by atoms with Gasteiger partial charge in [0.15, 0.2) is 0 Å². The Kier molecular flexibility index (Phi) is 5.38. The second-order valence-electron chi connectivity index (χ2n) is 5.08. The van der Waals surface area contributed by atoms with E-state index < -0.39 is 0 Å². The van der Waals surface area contributed by atoms with Crippen LogP contribution in [0.1, 0.15) is 6.42 Å². The molecule has 2 N–H and O–H groups in total. The predicted octanol–water partition coefficient (Wildman–Crippen LogP) is 0.888. The van der Waals surface area contributed by atoms with Crippen molar-refractivity contribution >= 4 is 5.91 Å². The standard InChI is InChI=1S/C15H22N2O3/c1-17(15(18)13-10-19-11-14(13)16)8-5-9-20-12-6-3-2-4-7-12/h2-4,6-7,13-14H,5,8-11,16H2,1H3. The lowest BCUT2D eigenvalue weighted by molar-refractivity contribution is -0.134. The summed E-state index contributed by atoms with van der Waals surface area (Å²) in [4.78, 5) is 13.9. The van der Waals surface area contributed by atoms with Crippen LogP contribution in [0.15, 0.2) is 30.3 Å². The smallest absolute Gasteiger partial charge is 0.229 e. The van der Waals surface area contributed by atoms with Gasteiger partial charge in [0, 0.05) is 19.6 Å². The minimum atomic E-state index is -0.199. The SMILES string of the molecule is CN(CCCOc1ccccc1)C(=O)C1COCC1N. The van der Waals surface area contributed by atoms with Crippen LogP contribution in [0, 0.1) is 5.92 Å². The summed E-state index contributed by atoms with van der Waals surface area (Å²) < 4.78 is 10.8. The number of nitrogens with zero attached hydrogens (tertiary/aromatic N) is 1. The lowest BCUT2D eigenvalue weighted by Crippen LogP contribution is -2.42. The molecule has 1 aliphatic rings. The van der Waals surface area contributed by atoms with Crippen molar-refractivity contribution in [1.82, 2.24) is 4.90 Å². The first-order chi connectivity index (χ1) is 9.68. The summed E-state index contributed by atoms with van der Waals surface area (Å²) in [6.45, 7) is 2.16. The summed E-state index contributed by atoms with van der Waals surface area (Å²) in [6, 6.07) is 9.49. The largest absolute Gasteiger partial charge is 0.494 e. The molecule has 0 saturated carbocycles. The van der Waals surface area contributed by atoms with Crippen molar-refractivity contribution in [3.05, 3.63) is 30.3 Å². The Morgan fingerprint density at radius 1 is 1.40 bits per heavy atom. The zero-order valence-corrected chi connectivity index (χ0v) is 11.8. The fourth-order valence-corrected chi connectivity index (χ4v) is 2.23. The molecule has 2 atom stereocenters. The molecule has 2 rings (SSSR count). The van der Waals surface area contributed by atoms with E-state index in [0.717, 1.165) is 12.2 Å². The highest BCUT2D eigenvalue weighted by Gasteiger charge is 2.32. The topological polar surface area (TPSA) is 64.8 Å². The minimum absolute atomic E-state index is 0.0645. The summed E-state index contributed by atoms with van der Waals surface area (Å²) in [5.74, 6) is 0.720. The molecule has 1 saturated heterocycles. The van der Waals surface area contributed by atoms with Gasteiger partial charge in [-0.1, -0.05) is 18.2 Å². The minimum Gasteiger partial charge on any atom is -0.494 e. The molecule has 5 heteroatoms. The third-order valence-electron chi connectivity index (χ3n) is 3.47. The van der Waals surface area contributed by atoms with E-state index in [0.29, 0.717) is 26.4 Å². The number of rotatable bonds is 6. The zero-order valence-electron chi connectivity index (χ0n) is 11.8. The zero-order chi connectivity index (χ0) is 14.4. The Morgan fingerprint density at radius 3 is 2.80 bits per heavy atom. The van der Waals surface area contributed by atoms with Crippen LogP contribution in [-0.4, -0.2) is 50.3 Å². The molecule has 20 heavy (non-hydrogen) atoms. The Bertz CT molecular complexity index is 424. The van der Waals surface area contributed by atoms with Crippen LogP contribution in [0.5, 0.6) is 5.75 Å². The lowest BCUT2D eigenvalue weighted by atomic mass is 10.0. The van der Waals surface area contributed by atoms with E-state index in [1.807, 2.05) is 30.3 Å². The average Bonchev–Trinajstić information content (AvgIpc) is 2.90. The van der Waals surface area contributed by atoms with Crippen molar-refractivity contribution in [3.8, 4) is 5.75 Å². The van der Waals surface area contributed by atoms with Gasteiger partial charge in [0.2, 0.25) is 5.91 Å². The van der Waals surface area contributed by atoms with Gasteiger partial charge in [0.25, 0.3) is 0 Å². The van der Waals surface area contributed by atoms with E-state index in [4.69, 9.17) is 15.2 Å². The van der Waals surface area contributed by atoms with Crippen LogP contribution in [0.2, 0.25) is 0 Å². The van der Waals surface area contributed by atoms with Crippen molar-refractivity contribution in [2.45, 2.75) is 12.5 Å². The lowest BCUT2D eigenvalue weighted by Gasteiger charge is -2.22. The molecule has 0 aromatic heterocycles. The highest BCUT2D eigenvalue weighted by molar-refractivity contribution is 5.79. The molecule has 110 valence electrons. The Hall–Kier alpha value is -1.59. The van der Waals surface area contributed by atoms with Gasteiger partial charge in [-0.3, -0.25) is 4.79 Å². The third-order valence-corrected chi connectivity index (χ3v) is 3.47. The summed E-state index contributed by atoms with van der Waals surface area (Å²) in [6.07, 6.45) is 0.792. The number of ether oxygens (including phenoxy) is 2. The first kappa shape index (κ1) is 14.8. The van der Waals surface area contributed by atoms with Gasteiger partial charge in [0.1, 0.15) is 5.75 Å². The second-order valence-corrected chi connectivity index (χ2v) is 5.08.